The predicted molar refractivity (Wildman–Crippen MR) is 97.7 cm³/mol. The summed E-state index contributed by atoms with van der Waals surface area (Å²) in [5, 5.41) is 4.07. The monoisotopic (exact) mass is 314 g/mol. The largest absolute Gasteiger partial charge is 0.222 e. The van der Waals surface area contributed by atoms with Gasteiger partial charge in [0.2, 0.25) is 5.52 Å². The summed E-state index contributed by atoms with van der Waals surface area (Å²) in [5.74, 6) is 0.985. The van der Waals surface area contributed by atoms with Gasteiger partial charge in [-0.2, -0.15) is 4.57 Å². The predicted octanol–water partition coefficient (Wildman–Crippen LogP) is 5.32. The number of nitrogens with zero attached hydrogens (tertiary/aromatic N) is 1. The Kier molecular flexibility index (Phi) is 2.77. The van der Waals surface area contributed by atoms with Crippen LogP contribution in [0.5, 0.6) is 0 Å². The standard InChI is InChI=1S/C21H16NS/c1-14-7-8-17-10-9-16-11-12-18(15-5-3-2-4-6-15)21-19(16)20(17)22(14)13-23-21/h2-12H,13H2,1H3/q+1. The topological polar surface area (TPSA) is 3.88 Å². The van der Waals surface area contributed by atoms with Gasteiger partial charge >= 0.3 is 0 Å². The summed E-state index contributed by atoms with van der Waals surface area (Å²) in [7, 11) is 0. The highest BCUT2D eigenvalue weighted by atomic mass is 32.2. The van der Waals surface area contributed by atoms with E-state index in [9.17, 15) is 0 Å². The number of thioether (sulfide) groups is 1. The van der Waals surface area contributed by atoms with Crippen molar-refractivity contribution >= 4 is 33.4 Å². The molecule has 0 bridgehead atoms. The Hall–Kier alpha value is -2.32. The van der Waals surface area contributed by atoms with Crippen LogP contribution in [-0.4, -0.2) is 0 Å². The van der Waals surface area contributed by atoms with Crippen molar-refractivity contribution in [3.63, 3.8) is 0 Å². The fourth-order valence-corrected chi connectivity index (χ4v) is 4.87. The highest BCUT2D eigenvalue weighted by Gasteiger charge is 2.25. The number of hydrogen-bond acceptors (Lipinski definition) is 1. The summed E-state index contributed by atoms with van der Waals surface area (Å²) >= 11 is 1.95. The van der Waals surface area contributed by atoms with E-state index < -0.39 is 0 Å². The Morgan fingerprint density at radius 3 is 2.43 bits per heavy atom. The number of rotatable bonds is 1. The lowest BCUT2D eigenvalue weighted by atomic mass is 9.98. The zero-order chi connectivity index (χ0) is 15.4. The van der Waals surface area contributed by atoms with Crippen molar-refractivity contribution in [1.82, 2.24) is 0 Å². The maximum atomic E-state index is 2.45. The summed E-state index contributed by atoms with van der Waals surface area (Å²) in [6.07, 6.45) is 0. The van der Waals surface area contributed by atoms with Crippen LogP contribution in [0.25, 0.3) is 32.8 Å². The van der Waals surface area contributed by atoms with E-state index in [4.69, 9.17) is 0 Å². The van der Waals surface area contributed by atoms with Gasteiger partial charge in [-0.3, -0.25) is 0 Å². The highest BCUT2D eigenvalue weighted by Crippen LogP contribution is 2.42. The molecule has 0 radical (unpaired) electrons. The second-order valence-corrected chi connectivity index (χ2v) is 7.04. The molecule has 0 unspecified atom stereocenters. The summed E-state index contributed by atoms with van der Waals surface area (Å²) in [6, 6.07) is 24.2. The maximum Gasteiger partial charge on any atom is 0.222 e. The van der Waals surface area contributed by atoms with E-state index in [1.54, 1.807) is 0 Å². The van der Waals surface area contributed by atoms with E-state index in [2.05, 4.69) is 78.2 Å². The number of aryl methyl sites for hydroxylation is 1. The molecule has 1 aliphatic heterocycles. The molecular weight excluding hydrogens is 298 g/mol. The second-order valence-electron chi connectivity index (χ2n) is 6.09. The Morgan fingerprint density at radius 2 is 1.57 bits per heavy atom. The van der Waals surface area contributed by atoms with E-state index in [-0.39, 0.29) is 0 Å². The van der Waals surface area contributed by atoms with Crippen LogP contribution >= 0.6 is 11.8 Å². The van der Waals surface area contributed by atoms with Crippen LogP contribution in [0.4, 0.5) is 0 Å². The molecule has 1 aliphatic rings. The maximum absolute atomic E-state index is 2.45. The molecule has 3 aromatic carbocycles. The first-order valence-corrected chi connectivity index (χ1v) is 8.88. The lowest BCUT2D eigenvalue weighted by Crippen LogP contribution is -2.38. The summed E-state index contributed by atoms with van der Waals surface area (Å²) < 4.78 is 2.45. The number of hydrogen-bond donors (Lipinski definition) is 0. The van der Waals surface area contributed by atoms with Gasteiger partial charge in [0.15, 0.2) is 11.6 Å². The molecule has 0 spiro atoms. The van der Waals surface area contributed by atoms with Gasteiger partial charge in [0.1, 0.15) is 0 Å². The van der Waals surface area contributed by atoms with Crippen LogP contribution in [0.3, 0.4) is 0 Å². The minimum atomic E-state index is 0.985. The fourth-order valence-electron chi connectivity index (χ4n) is 3.58. The van der Waals surface area contributed by atoms with Crippen LogP contribution in [0.15, 0.2) is 71.6 Å². The number of aromatic nitrogens is 1. The fraction of sp³-hybridized carbons (Fsp3) is 0.0952. The molecule has 1 aromatic heterocycles. The Morgan fingerprint density at radius 1 is 0.826 bits per heavy atom. The quantitative estimate of drug-likeness (QED) is 0.340. The Bertz CT molecular complexity index is 1070. The van der Waals surface area contributed by atoms with Gasteiger partial charge in [-0.05, 0) is 28.6 Å². The minimum absolute atomic E-state index is 0.985. The van der Waals surface area contributed by atoms with E-state index in [1.807, 2.05) is 11.8 Å². The third-order valence-corrected chi connectivity index (χ3v) is 5.87. The van der Waals surface area contributed by atoms with Crippen molar-refractivity contribution in [3.8, 4) is 11.1 Å². The lowest BCUT2D eigenvalue weighted by Gasteiger charge is -2.18. The van der Waals surface area contributed by atoms with Crippen LogP contribution in [-0.2, 0) is 5.88 Å². The van der Waals surface area contributed by atoms with Crippen molar-refractivity contribution in [1.29, 1.82) is 0 Å². The summed E-state index contributed by atoms with van der Waals surface area (Å²) in [4.78, 5) is 1.42. The SMILES string of the molecule is Cc1ccc2ccc3ccc(-c4ccccc4)c4c3c2[n+]1CS4. The number of pyridine rings is 1. The molecule has 0 saturated carbocycles. The van der Waals surface area contributed by atoms with Gasteiger partial charge in [-0.1, -0.05) is 60.3 Å². The molecule has 0 N–H and O–H groups in total. The molecule has 1 nitrogen and oxygen atoms in total. The lowest BCUT2D eigenvalue weighted by molar-refractivity contribution is -0.655. The molecule has 0 fully saturated rings. The molecule has 0 saturated heterocycles. The van der Waals surface area contributed by atoms with Crippen LogP contribution < -0.4 is 4.57 Å². The summed E-state index contributed by atoms with van der Waals surface area (Å²) in [5.41, 5.74) is 5.36. The molecule has 0 aliphatic carbocycles. The number of benzene rings is 3. The first-order valence-electron chi connectivity index (χ1n) is 7.90. The van der Waals surface area contributed by atoms with Crippen molar-refractivity contribution in [2.45, 2.75) is 17.7 Å². The van der Waals surface area contributed by atoms with Crippen molar-refractivity contribution in [2.24, 2.45) is 0 Å². The van der Waals surface area contributed by atoms with Gasteiger partial charge in [-0.25, -0.2) is 0 Å². The average molecular weight is 314 g/mol. The third kappa shape index (κ3) is 1.85. The molecule has 2 heteroatoms. The highest BCUT2D eigenvalue weighted by molar-refractivity contribution is 7.98. The van der Waals surface area contributed by atoms with Gasteiger partial charge in [0.05, 0.1) is 5.39 Å². The van der Waals surface area contributed by atoms with Crippen LogP contribution in [0.2, 0.25) is 0 Å². The summed E-state index contributed by atoms with van der Waals surface area (Å²) in [6.45, 7) is 2.20. The first-order chi connectivity index (χ1) is 11.3. The second kappa shape index (κ2) is 4.84. The molecule has 23 heavy (non-hydrogen) atoms. The van der Waals surface area contributed by atoms with Crippen molar-refractivity contribution in [3.05, 3.63) is 72.4 Å². The Labute approximate surface area is 139 Å². The van der Waals surface area contributed by atoms with Crippen molar-refractivity contribution in [2.75, 3.05) is 0 Å². The Balaban J connectivity index is 1.98. The average Bonchev–Trinajstić information content (AvgIpc) is 2.62. The normalized spacial score (nSPS) is 13.1. The zero-order valence-electron chi connectivity index (χ0n) is 12.9. The zero-order valence-corrected chi connectivity index (χ0v) is 13.7. The third-order valence-electron chi connectivity index (χ3n) is 4.77. The first kappa shape index (κ1) is 13.1. The van der Waals surface area contributed by atoms with Gasteiger partial charge in [-0.15, -0.1) is 0 Å². The van der Waals surface area contributed by atoms with E-state index >= 15 is 0 Å². The van der Waals surface area contributed by atoms with Crippen LogP contribution in [0.1, 0.15) is 5.69 Å². The van der Waals surface area contributed by atoms with Crippen molar-refractivity contribution < 1.29 is 4.57 Å². The van der Waals surface area contributed by atoms with E-state index in [0.29, 0.717) is 0 Å². The van der Waals surface area contributed by atoms with E-state index in [1.165, 1.54) is 43.4 Å². The molecule has 0 amide bonds. The smallest absolute Gasteiger partial charge is 0.185 e. The van der Waals surface area contributed by atoms with Gasteiger partial charge in [0.25, 0.3) is 0 Å². The van der Waals surface area contributed by atoms with Gasteiger partial charge < -0.3 is 0 Å². The van der Waals surface area contributed by atoms with Crippen LogP contribution in [0, 0.1) is 6.92 Å². The molecule has 4 aromatic rings. The molecule has 0 atom stereocenters. The molecular formula is C21H16NS+. The van der Waals surface area contributed by atoms with E-state index in [0.717, 1.165) is 5.88 Å². The molecule has 2 heterocycles. The van der Waals surface area contributed by atoms with Gasteiger partial charge in [0, 0.05) is 23.3 Å². The minimum Gasteiger partial charge on any atom is -0.185 e. The molecule has 5 rings (SSSR count). The molecule has 110 valence electrons.